The number of allylic oxidation sites excluding steroid dienone is 2. The van der Waals surface area contributed by atoms with Gasteiger partial charge in [-0.2, -0.15) is 0 Å². The lowest BCUT2D eigenvalue weighted by molar-refractivity contribution is 2.09. The second-order valence-corrected chi connectivity index (χ2v) is 2.62. The van der Waals surface area contributed by atoms with Crippen LogP contribution in [-0.4, -0.2) is 12.5 Å². The molecule has 0 aliphatic heterocycles. The van der Waals surface area contributed by atoms with Crippen molar-refractivity contribution in [1.29, 1.82) is 0 Å². The lowest BCUT2D eigenvalue weighted by atomic mass is 10.6. The summed E-state index contributed by atoms with van der Waals surface area (Å²) in [7, 11) is 0. The van der Waals surface area contributed by atoms with Gasteiger partial charge in [-0.05, 0) is 23.3 Å². The fourth-order valence-corrected chi connectivity index (χ4v) is 0.744. The molecule has 0 aromatic rings. The maximum Gasteiger partial charge on any atom is -0.0142 e. The van der Waals surface area contributed by atoms with E-state index >= 15 is 0 Å². The Bertz CT molecular complexity index is 72.5. The molecule has 0 rings (SSSR count). The maximum atomic E-state index is 2.05. The van der Waals surface area contributed by atoms with Crippen LogP contribution in [0.25, 0.3) is 0 Å². The van der Waals surface area contributed by atoms with E-state index in [1.165, 1.54) is 0 Å². The summed E-state index contributed by atoms with van der Waals surface area (Å²) in [5, 5.41) is 4.10. The highest BCUT2D eigenvalue weighted by Gasteiger charge is 1.61. The van der Waals surface area contributed by atoms with E-state index < -0.39 is 0 Å². The Labute approximate surface area is 59.4 Å². The van der Waals surface area contributed by atoms with Crippen LogP contribution in [0.15, 0.2) is 23.0 Å². The van der Waals surface area contributed by atoms with Gasteiger partial charge in [-0.1, -0.05) is 12.2 Å². The summed E-state index contributed by atoms with van der Waals surface area (Å²) in [5.74, 6) is 0. The molecule has 0 saturated heterocycles. The van der Waals surface area contributed by atoms with E-state index in [4.69, 9.17) is 0 Å². The summed E-state index contributed by atoms with van der Waals surface area (Å²) >= 11 is 3.42. The highest BCUT2D eigenvalue weighted by atomic mass is 32.2. The fraction of sp³-hybridized carbons (Fsp3) is 0.333. The van der Waals surface area contributed by atoms with Crippen LogP contribution < -0.4 is 0 Å². The first-order chi connectivity index (χ1) is 3.91. The van der Waals surface area contributed by atoms with E-state index in [2.05, 4.69) is 0 Å². The van der Waals surface area contributed by atoms with Gasteiger partial charge in [0.2, 0.25) is 0 Å². The van der Waals surface area contributed by atoms with Gasteiger partial charge < -0.3 is 0 Å². The Kier molecular flexibility index (Phi) is 7.34. The molecule has 0 unspecified atom stereocenters. The summed E-state index contributed by atoms with van der Waals surface area (Å²) in [5.41, 5.74) is 0. The third-order valence-electron chi connectivity index (χ3n) is 0.540. The molecular formula is C6H10S2. The summed E-state index contributed by atoms with van der Waals surface area (Å²) in [6, 6.07) is 0. The van der Waals surface area contributed by atoms with Crippen molar-refractivity contribution >= 4 is 23.5 Å². The predicted octanol–water partition coefficient (Wildman–Crippen LogP) is 2.74. The zero-order chi connectivity index (χ0) is 6.24. The first-order valence-corrected chi connectivity index (χ1v) is 4.86. The van der Waals surface area contributed by atoms with Crippen molar-refractivity contribution in [3.8, 4) is 0 Å². The van der Waals surface area contributed by atoms with E-state index in [9.17, 15) is 0 Å². The lowest BCUT2D eigenvalue weighted by Gasteiger charge is -1.74. The highest BCUT2D eigenvalue weighted by molar-refractivity contribution is 8.01. The van der Waals surface area contributed by atoms with Crippen LogP contribution >= 0.6 is 23.5 Å². The summed E-state index contributed by atoms with van der Waals surface area (Å²) < 4.78 is 0. The molecule has 0 saturated carbocycles. The van der Waals surface area contributed by atoms with Crippen molar-refractivity contribution in [2.45, 2.75) is 0 Å². The molecule has 0 nitrogen and oxygen atoms in total. The van der Waals surface area contributed by atoms with Crippen molar-refractivity contribution in [3.05, 3.63) is 23.0 Å². The fourth-order valence-electron chi connectivity index (χ4n) is 0.248. The smallest absolute Gasteiger partial charge is 0.0142 e. The van der Waals surface area contributed by atoms with Gasteiger partial charge in [0.1, 0.15) is 0 Å². The van der Waals surface area contributed by atoms with Crippen LogP contribution in [0.4, 0.5) is 0 Å². The van der Waals surface area contributed by atoms with E-state index in [0.717, 1.165) is 0 Å². The van der Waals surface area contributed by atoms with Crippen molar-refractivity contribution in [3.63, 3.8) is 0 Å². The molecule has 0 spiro atoms. The molecule has 46 valence electrons. The molecule has 0 heterocycles. The Morgan fingerprint density at radius 1 is 0.875 bits per heavy atom. The molecule has 0 aromatic heterocycles. The van der Waals surface area contributed by atoms with Crippen LogP contribution in [-0.2, 0) is 0 Å². The van der Waals surface area contributed by atoms with Gasteiger partial charge in [-0.3, -0.25) is 0 Å². The van der Waals surface area contributed by atoms with Gasteiger partial charge in [-0.15, -0.1) is 23.5 Å². The second kappa shape index (κ2) is 7.18. The zero-order valence-corrected chi connectivity index (χ0v) is 6.76. The highest BCUT2D eigenvalue weighted by Crippen LogP contribution is 1.96. The second-order valence-electron chi connectivity index (χ2n) is 1.13. The molecule has 0 aliphatic rings. The quantitative estimate of drug-likeness (QED) is 0.561. The van der Waals surface area contributed by atoms with Crippen LogP contribution in [0.2, 0.25) is 0 Å². The van der Waals surface area contributed by atoms with Gasteiger partial charge in [0.15, 0.2) is 0 Å². The van der Waals surface area contributed by atoms with E-state index in [1.807, 2.05) is 35.5 Å². The molecule has 0 radical (unpaired) electrons. The third-order valence-corrected chi connectivity index (χ3v) is 1.40. The summed E-state index contributed by atoms with van der Waals surface area (Å²) in [6.07, 6.45) is 8.15. The molecule has 0 atom stereocenters. The Morgan fingerprint density at radius 2 is 1.25 bits per heavy atom. The van der Waals surface area contributed by atoms with Gasteiger partial charge in [0.05, 0.1) is 0 Å². The Balaban J connectivity index is 3.13. The molecular weight excluding hydrogens is 136 g/mol. The average molecular weight is 146 g/mol. The molecule has 0 aliphatic carbocycles. The zero-order valence-electron chi connectivity index (χ0n) is 5.13. The first-order valence-electron chi connectivity index (χ1n) is 2.29. The largest absolute Gasteiger partial charge is 0.138 e. The minimum absolute atomic E-state index is 1.71. The number of thioether (sulfide) groups is 2. The third kappa shape index (κ3) is 6.18. The average Bonchev–Trinajstić information content (AvgIpc) is 1.81. The van der Waals surface area contributed by atoms with E-state index in [1.54, 1.807) is 23.5 Å². The van der Waals surface area contributed by atoms with E-state index in [0.29, 0.717) is 0 Å². The first kappa shape index (κ1) is 8.18. The molecule has 0 bridgehead atoms. The minimum atomic E-state index is 1.71. The predicted molar refractivity (Wildman–Crippen MR) is 45.3 cm³/mol. The maximum absolute atomic E-state index is 2.05. The van der Waals surface area contributed by atoms with Crippen LogP contribution in [0.5, 0.6) is 0 Å². The molecule has 0 fully saturated rings. The number of rotatable bonds is 3. The topological polar surface area (TPSA) is 0 Å². The molecule has 8 heavy (non-hydrogen) atoms. The van der Waals surface area contributed by atoms with Gasteiger partial charge >= 0.3 is 0 Å². The number of hydrogen-bond donors (Lipinski definition) is 0. The normalized spacial score (nSPS) is 11.8. The van der Waals surface area contributed by atoms with E-state index in [-0.39, 0.29) is 0 Å². The van der Waals surface area contributed by atoms with Crippen molar-refractivity contribution in [1.82, 2.24) is 0 Å². The van der Waals surface area contributed by atoms with Crippen LogP contribution in [0.3, 0.4) is 0 Å². The SMILES string of the molecule is CS/C=C/C=C/SC. The van der Waals surface area contributed by atoms with Crippen LogP contribution in [0.1, 0.15) is 0 Å². The standard InChI is InChI=1S/C6H10S2/c1-7-5-3-4-6-8-2/h3-6H,1-2H3/b5-3+,6-4+. The molecule has 0 aromatic carbocycles. The van der Waals surface area contributed by atoms with Gasteiger partial charge in [-0.25, -0.2) is 0 Å². The summed E-state index contributed by atoms with van der Waals surface area (Å²) in [4.78, 5) is 0. The molecule has 2 heteroatoms. The van der Waals surface area contributed by atoms with Gasteiger partial charge in [0, 0.05) is 0 Å². The monoisotopic (exact) mass is 146 g/mol. The van der Waals surface area contributed by atoms with Crippen LogP contribution in [0, 0.1) is 0 Å². The minimum Gasteiger partial charge on any atom is -0.138 e. The molecule has 0 N–H and O–H groups in total. The van der Waals surface area contributed by atoms with Crippen molar-refractivity contribution < 1.29 is 0 Å². The van der Waals surface area contributed by atoms with Gasteiger partial charge in [0.25, 0.3) is 0 Å². The Morgan fingerprint density at radius 3 is 1.50 bits per heavy atom. The summed E-state index contributed by atoms with van der Waals surface area (Å²) in [6.45, 7) is 0. The Hall–Kier alpha value is 0.180. The van der Waals surface area contributed by atoms with Crippen molar-refractivity contribution in [2.75, 3.05) is 12.5 Å². The van der Waals surface area contributed by atoms with Crippen molar-refractivity contribution in [2.24, 2.45) is 0 Å². The molecule has 0 amide bonds. The number of hydrogen-bond acceptors (Lipinski definition) is 2. The lowest BCUT2D eigenvalue weighted by Crippen LogP contribution is -1.45.